The van der Waals surface area contributed by atoms with Crippen molar-refractivity contribution < 1.29 is 18.0 Å². The molecule has 8 heteroatoms. The van der Waals surface area contributed by atoms with Crippen molar-refractivity contribution in [3.63, 3.8) is 0 Å². The first-order valence-corrected chi connectivity index (χ1v) is 7.64. The van der Waals surface area contributed by atoms with Gasteiger partial charge in [0.25, 0.3) is 5.78 Å². The quantitative estimate of drug-likeness (QED) is 0.417. The van der Waals surface area contributed by atoms with E-state index in [0.717, 1.165) is 5.56 Å². The Hall–Kier alpha value is -1.46. The number of nitrogens with zero attached hydrogens (tertiary/aromatic N) is 2. The summed E-state index contributed by atoms with van der Waals surface area (Å²) in [5.74, 6) is -0.263. The highest BCUT2D eigenvalue weighted by atomic mass is 36.0. The molecule has 18 heavy (non-hydrogen) atoms. The fourth-order valence-corrected chi connectivity index (χ4v) is 1.34. The normalized spacial score (nSPS) is 13.2. The zero-order valence-electron chi connectivity index (χ0n) is 8.75. The molecule has 0 N–H and O–H groups in total. The molecule has 94 valence electrons. The molecule has 0 radical (unpaired) electrons. The van der Waals surface area contributed by atoms with Gasteiger partial charge in [-0.05, 0) is 23.8 Å². The van der Waals surface area contributed by atoms with Crippen LogP contribution in [-0.4, -0.2) is 24.7 Å². The molecule has 0 aliphatic heterocycles. The van der Waals surface area contributed by atoms with Crippen LogP contribution < -0.4 is 0 Å². The van der Waals surface area contributed by atoms with Gasteiger partial charge in [0.15, 0.2) is 0 Å². The van der Waals surface area contributed by atoms with Crippen molar-refractivity contribution in [2.75, 3.05) is 0 Å². The summed E-state index contributed by atoms with van der Waals surface area (Å²) in [5, 5.41) is 0. The number of halogens is 2. The fourth-order valence-electron chi connectivity index (χ4n) is 1.34. The van der Waals surface area contributed by atoms with Crippen molar-refractivity contribution in [1.82, 2.24) is 0 Å². The molecule has 1 aliphatic rings. The predicted molar refractivity (Wildman–Crippen MR) is 68.8 cm³/mol. The van der Waals surface area contributed by atoms with Crippen LogP contribution in [0.3, 0.4) is 0 Å². The van der Waals surface area contributed by atoms with E-state index in [0.29, 0.717) is 5.56 Å². The third-order valence-electron chi connectivity index (χ3n) is 1.96. The van der Waals surface area contributed by atoms with E-state index in [4.69, 9.17) is 13.9 Å². The Labute approximate surface area is 112 Å². The van der Waals surface area contributed by atoms with Crippen LogP contribution >= 0.6 is 21.4 Å². The predicted octanol–water partition coefficient (Wildman–Crippen LogP) is 2.01. The van der Waals surface area contributed by atoms with Gasteiger partial charge in [0.05, 0.1) is 5.56 Å². The summed E-state index contributed by atoms with van der Waals surface area (Å²) in [6.07, 6.45) is 3.11. The summed E-state index contributed by atoms with van der Waals surface area (Å²) in [4.78, 5) is 14.2. The third kappa shape index (κ3) is 4.43. The largest absolute Gasteiger partial charge is 0.369 e. The number of fused-ring (bicyclic) bond motifs is 1. The lowest BCUT2D eigenvalue weighted by Crippen LogP contribution is -2.18. The highest BCUT2D eigenvalue weighted by Gasteiger charge is 2.25. The van der Waals surface area contributed by atoms with Crippen LogP contribution in [0.5, 0.6) is 0 Å². The minimum Gasteiger partial charge on any atom is -0.361 e. The zero-order valence-corrected chi connectivity index (χ0v) is 11.1. The topological polar surface area (TPSA) is 87.6 Å². The molecule has 0 heterocycles. The number of hydrogen-bond acceptors (Lipinski definition) is 3. The van der Waals surface area contributed by atoms with Crippen molar-refractivity contribution in [2.24, 2.45) is 0 Å². The van der Waals surface area contributed by atoms with Gasteiger partial charge in [0.1, 0.15) is 0 Å². The lowest BCUT2D eigenvalue weighted by Gasteiger charge is -2.03. The van der Waals surface area contributed by atoms with Gasteiger partial charge in [-0.3, -0.25) is 4.79 Å². The van der Waals surface area contributed by atoms with Gasteiger partial charge in [0, 0.05) is 21.4 Å². The molecule has 2 rings (SSSR count). The Balaban J connectivity index is 0.000000280. The van der Waals surface area contributed by atoms with E-state index >= 15 is 0 Å². The van der Waals surface area contributed by atoms with E-state index in [1.165, 1.54) is 6.08 Å². The van der Waals surface area contributed by atoms with Gasteiger partial charge < -0.3 is 5.53 Å². The maximum atomic E-state index is 11.2. The van der Waals surface area contributed by atoms with Crippen molar-refractivity contribution >= 4 is 47.2 Å². The van der Waals surface area contributed by atoms with Crippen molar-refractivity contribution in [1.29, 1.82) is 0 Å². The smallest absolute Gasteiger partial charge is 0.361 e. The number of rotatable bonds is 0. The number of carbonyl (C=O) groups is 1. The Morgan fingerprint density at radius 2 is 1.67 bits per heavy atom. The summed E-state index contributed by atoms with van der Waals surface area (Å²) in [7, 11) is 4.81. The van der Waals surface area contributed by atoms with E-state index in [1.807, 2.05) is 12.1 Å². The van der Waals surface area contributed by atoms with Crippen LogP contribution in [0.4, 0.5) is 0 Å². The first kappa shape index (κ1) is 14.6. The third-order valence-corrected chi connectivity index (χ3v) is 1.96. The molecule has 1 aromatic carbocycles. The van der Waals surface area contributed by atoms with Gasteiger partial charge in [0.2, 0.25) is 0 Å². The number of hydrogen-bond donors (Lipinski definition) is 0. The molecule has 0 spiro atoms. The molecule has 0 atom stereocenters. The summed E-state index contributed by atoms with van der Waals surface area (Å²) < 4.78 is 18.3. The van der Waals surface area contributed by atoms with Gasteiger partial charge in [-0.25, -0.2) is 0 Å². The highest BCUT2D eigenvalue weighted by molar-refractivity contribution is 8.31. The molecular formula is C10H6Cl2N2O3S. The summed E-state index contributed by atoms with van der Waals surface area (Å²) in [6, 6.07) is 7.29. The fraction of sp³-hybridized carbons (Fsp3) is 0. The first-order valence-electron chi connectivity index (χ1n) is 4.51. The molecule has 0 bridgehead atoms. The minimum atomic E-state index is -3.72. The van der Waals surface area contributed by atoms with E-state index in [-0.39, 0.29) is 11.5 Å². The van der Waals surface area contributed by atoms with Crippen LogP contribution in [-0.2, 0) is 13.1 Å². The molecule has 0 saturated heterocycles. The molecule has 5 nitrogen and oxygen atoms in total. The molecule has 0 amide bonds. The van der Waals surface area contributed by atoms with E-state index in [1.54, 1.807) is 18.2 Å². The molecule has 1 aliphatic carbocycles. The molecule has 0 aromatic heterocycles. The van der Waals surface area contributed by atoms with Gasteiger partial charge in [-0.15, -0.1) is 0 Å². The van der Waals surface area contributed by atoms with Crippen LogP contribution in [0, 0.1) is 0 Å². The zero-order chi connectivity index (χ0) is 13.8. The maximum absolute atomic E-state index is 11.2. The average molecular weight is 305 g/mol. The van der Waals surface area contributed by atoms with Gasteiger partial charge in [-0.2, -0.15) is 13.2 Å². The molecule has 1 aromatic rings. The Morgan fingerprint density at radius 3 is 2.22 bits per heavy atom. The molecule has 0 unspecified atom stereocenters. The highest BCUT2D eigenvalue weighted by Crippen LogP contribution is 2.15. The van der Waals surface area contributed by atoms with Crippen LogP contribution in [0.1, 0.15) is 11.1 Å². The first-order chi connectivity index (χ1) is 8.33. The number of carbonyl (C=O) groups excluding carboxylic acids is 1. The second kappa shape index (κ2) is 5.93. The van der Waals surface area contributed by atoms with Crippen LogP contribution in [0.2, 0.25) is 0 Å². The minimum absolute atomic E-state index is 0.109. The van der Waals surface area contributed by atoms with E-state index < -0.39 is 8.26 Å². The lowest BCUT2D eigenvalue weighted by molar-refractivity contribution is -0.112. The second-order valence-corrected chi connectivity index (χ2v) is 6.78. The lowest BCUT2D eigenvalue weighted by atomic mass is 9.95. The van der Waals surface area contributed by atoms with Crippen molar-refractivity contribution in [2.45, 2.75) is 0 Å². The monoisotopic (exact) mass is 304 g/mol. The maximum Gasteiger partial charge on any atom is 0.369 e. The summed E-state index contributed by atoms with van der Waals surface area (Å²) in [6.45, 7) is 0. The number of allylic oxidation sites excluding steroid dienone is 1. The number of ketones is 1. The Bertz CT molecular complexity index is 653. The van der Waals surface area contributed by atoms with Crippen molar-refractivity contribution in [3.8, 4) is 0 Å². The molecule has 0 saturated carbocycles. The Kier molecular flexibility index (Phi) is 4.81. The van der Waals surface area contributed by atoms with E-state index in [9.17, 15) is 4.79 Å². The summed E-state index contributed by atoms with van der Waals surface area (Å²) in [5.41, 5.74) is 10.3. The standard InChI is InChI=1S/C10H6N2O.Cl2O2S/c11-12-10-8-4-2-1-3-7(8)5-6-9(10)13;1-5(2,3)4/h1-6H;. The van der Waals surface area contributed by atoms with Crippen LogP contribution in [0.15, 0.2) is 30.3 Å². The van der Waals surface area contributed by atoms with Crippen molar-refractivity contribution in [3.05, 3.63) is 47.0 Å². The van der Waals surface area contributed by atoms with Gasteiger partial charge >= 0.3 is 14.0 Å². The second-order valence-electron chi connectivity index (χ2n) is 3.11. The Morgan fingerprint density at radius 1 is 1.11 bits per heavy atom. The van der Waals surface area contributed by atoms with Crippen LogP contribution in [0.25, 0.3) is 11.6 Å². The molecule has 0 fully saturated rings. The van der Waals surface area contributed by atoms with E-state index in [2.05, 4.69) is 26.2 Å². The SMILES string of the molecule is O=S(=O)(Cl)Cl.[N-]=[N+]=C1C(=O)C=Cc2ccccc21. The van der Waals surface area contributed by atoms with Gasteiger partial charge in [-0.1, -0.05) is 18.2 Å². The molecular weight excluding hydrogens is 299 g/mol. The number of benzene rings is 1. The summed E-state index contributed by atoms with van der Waals surface area (Å²) >= 11 is 0. The average Bonchev–Trinajstić information content (AvgIpc) is 2.27.